The number of nitrogen functional groups attached to an aromatic ring is 2. The minimum absolute atomic E-state index is 0.0530. The third-order valence-electron chi connectivity index (χ3n) is 10.5. The summed E-state index contributed by atoms with van der Waals surface area (Å²) in [4.78, 5) is 32.8. The molecule has 4 aromatic rings. The smallest absolute Gasteiger partial charge is 0.257 e. The highest BCUT2D eigenvalue weighted by Crippen LogP contribution is 2.32. The van der Waals surface area contributed by atoms with Crippen LogP contribution in [0.15, 0.2) is 84.9 Å². The maximum absolute atomic E-state index is 13.2. The minimum atomic E-state index is -0.179. The van der Waals surface area contributed by atoms with Crippen molar-refractivity contribution in [3.05, 3.63) is 117 Å². The van der Waals surface area contributed by atoms with Gasteiger partial charge in [-0.05, 0) is 55.4 Å². The topological polar surface area (TPSA) is 126 Å². The quantitative estimate of drug-likeness (QED) is 0.133. The number of methoxy groups -OCH3 is 2. The number of amides is 2. The van der Waals surface area contributed by atoms with Gasteiger partial charge in [-0.25, -0.2) is 0 Å². The highest BCUT2D eigenvalue weighted by molar-refractivity contribution is 6.34. The summed E-state index contributed by atoms with van der Waals surface area (Å²) in [5.41, 5.74) is 16.0. The molecule has 2 aliphatic heterocycles. The summed E-state index contributed by atoms with van der Waals surface area (Å²) >= 11 is 12.2. The number of nitrogens with one attached hydrogen (secondary N) is 1. The summed E-state index contributed by atoms with van der Waals surface area (Å²) < 4.78 is 10.7. The highest BCUT2D eigenvalue weighted by atomic mass is 35.5. The number of anilines is 2. The maximum Gasteiger partial charge on any atom is 0.257 e. The average Bonchev–Trinajstić information content (AvgIpc) is 3.19. The molecule has 2 atom stereocenters. The van der Waals surface area contributed by atoms with Crippen LogP contribution in [0.5, 0.6) is 11.5 Å². The number of rotatable bonds is 11. The Morgan fingerprint density at radius 2 is 1.25 bits per heavy atom. The summed E-state index contributed by atoms with van der Waals surface area (Å²) in [5, 5.41) is 3.87. The number of ether oxygens (including phenoxy) is 2. The number of carbonyl (C=O) groups is 2. The van der Waals surface area contributed by atoms with Crippen LogP contribution in [0, 0.1) is 5.92 Å². The van der Waals surface area contributed by atoms with Gasteiger partial charge < -0.3 is 31.2 Å². The number of nitrogens with two attached hydrogens (primary N) is 2. The van der Waals surface area contributed by atoms with Crippen molar-refractivity contribution < 1.29 is 19.1 Å². The SMILES string of the molecule is CCN(C(=O)c1cc(Cl)c(N)cc1OC)C1CCN(Cc2ccccc2)CC1.COc1cc(N)c(Cl)cc1C(=O)NC1CCN(Cc2ccccc2)CC1C. The van der Waals surface area contributed by atoms with Gasteiger partial charge in [-0.1, -0.05) is 90.8 Å². The molecule has 2 unspecified atom stereocenters. The third kappa shape index (κ3) is 11.1. The molecule has 0 spiro atoms. The number of hydrogen-bond donors (Lipinski definition) is 3. The number of nitrogens with zero attached hydrogens (tertiary/aromatic N) is 3. The predicted octanol–water partition coefficient (Wildman–Crippen LogP) is 7.63. The van der Waals surface area contributed by atoms with Crippen molar-refractivity contribution in [1.29, 1.82) is 0 Å². The van der Waals surface area contributed by atoms with Gasteiger partial charge in [-0.15, -0.1) is 0 Å². The fourth-order valence-corrected chi connectivity index (χ4v) is 7.78. The zero-order valence-corrected chi connectivity index (χ0v) is 33.8. The fraction of sp³-hybridized carbons (Fsp3) is 0.395. The van der Waals surface area contributed by atoms with E-state index in [-0.39, 0.29) is 23.9 Å². The molecule has 0 aliphatic carbocycles. The van der Waals surface area contributed by atoms with Gasteiger partial charge in [0.2, 0.25) is 0 Å². The van der Waals surface area contributed by atoms with E-state index < -0.39 is 0 Å². The highest BCUT2D eigenvalue weighted by Gasteiger charge is 2.30. The van der Waals surface area contributed by atoms with Crippen molar-refractivity contribution in [2.75, 3.05) is 58.4 Å². The number of hydrogen-bond acceptors (Lipinski definition) is 8. The Bertz CT molecular complexity index is 1870. The molecular weight excluding hydrogens is 735 g/mol. The van der Waals surface area contributed by atoms with E-state index in [1.807, 2.05) is 24.0 Å². The Labute approximate surface area is 335 Å². The lowest BCUT2D eigenvalue weighted by Crippen LogP contribution is -2.49. The van der Waals surface area contributed by atoms with Gasteiger partial charge in [0, 0.05) is 70.0 Å². The van der Waals surface area contributed by atoms with Crippen molar-refractivity contribution in [2.45, 2.75) is 58.3 Å². The summed E-state index contributed by atoms with van der Waals surface area (Å²) in [5.74, 6) is 1.02. The van der Waals surface area contributed by atoms with Crippen molar-refractivity contribution in [1.82, 2.24) is 20.0 Å². The first kappa shape index (κ1) is 41.7. The Balaban J connectivity index is 0.000000211. The molecule has 5 N–H and O–H groups in total. The van der Waals surface area contributed by atoms with E-state index in [1.54, 1.807) is 24.3 Å². The molecule has 0 aromatic heterocycles. The normalized spacial score (nSPS) is 17.8. The van der Waals surface area contributed by atoms with E-state index in [9.17, 15) is 9.59 Å². The summed E-state index contributed by atoms with van der Waals surface area (Å²) in [6.07, 6.45) is 2.82. The van der Waals surface area contributed by atoms with Crippen LogP contribution in [0.25, 0.3) is 0 Å². The van der Waals surface area contributed by atoms with E-state index in [0.29, 0.717) is 56.5 Å². The van der Waals surface area contributed by atoms with Crippen LogP contribution in [-0.4, -0.2) is 85.5 Å². The van der Waals surface area contributed by atoms with Crippen LogP contribution in [0.1, 0.15) is 65.0 Å². The first-order chi connectivity index (χ1) is 26.5. The molecule has 12 heteroatoms. The summed E-state index contributed by atoms with van der Waals surface area (Å²) in [7, 11) is 3.06. The second-order valence-corrected chi connectivity index (χ2v) is 15.1. The number of likely N-dealkylation sites (tertiary alicyclic amines) is 2. The molecule has 294 valence electrons. The van der Waals surface area contributed by atoms with Crippen LogP contribution < -0.4 is 26.3 Å². The Hall–Kier alpha value is -4.48. The zero-order valence-electron chi connectivity index (χ0n) is 32.3. The minimum Gasteiger partial charge on any atom is -0.496 e. The van der Waals surface area contributed by atoms with E-state index in [0.717, 1.165) is 58.5 Å². The molecule has 2 amide bonds. The molecular formula is C43H54Cl2N6O4. The zero-order chi connectivity index (χ0) is 39.5. The monoisotopic (exact) mass is 788 g/mol. The van der Waals surface area contributed by atoms with Crippen molar-refractivity contribution in [2.24, 2.45) is 5.92 Å². The molecule has 0 saturated carbocycles. The van der Waals surface area contributed by atoms with Gasteiger partial charge in [0.25, 0.3) is 11.8 Å². The van der Waals surface area contributed by atoms with Gasteiger partial charge in [-0.3, -0.25) is 19.4 Å². The van der Waals surface area contributed by atoms with E-state index in [4.69, 9.17) is 44.1 Å². The number of halogens is 2. The van der Waals surface area contributed by atoms with Crippen molar-refractivity contribution in [3.63, 3.8) is 0 Å². The molecule has 4 aromatic carbocycles. The standard InChI is InChI=1S/C22H28ClN3O2.C21H26ClN3O2/c1-3-26(22(27)18-13-19(23)20(24)14-21(18)28-2)17-9-11-25(12-10-17)15-16-7-5-4-6-8-16;1-14-12-25(13-15-6-4-3-5-7-15)9-8-19(14)24-21(26)16-10-17(22)18(23)11-20(16)27-2/h4-8,13-14,17H,3,9-12,15,24H2,1-2H3;3-7,10-11,14,19H,8-9,12-13,23H2,1-2H3,(H,24,26). The van der Waals surface area contributed by atoms with Gasteiger partial charge in [-0.2, -0.15) is 0 Å². The van der Waals surface area contributed by atoms with Crippen LogP contribution in [-0.2, 0) is 13.1 Å². The fourth-order valence-electron chi connectivity index (χ4n) is 7.45. The molecule has 2 heterocycles. The van der Waals surface area contributed by atoms with Gasteiger partial charge >= 0.3 is 0 Å². The number of carbonyl (C=O) groups excluding carboxylic acids is 2. The molecule has 2 saturated heterocycles. The van der Waals surface area contributed by atoms with Crippen LogP contribution in [0.3, 0.4) is 0 Å². The number of benzene rings is 4. The number of piperidine rings is 2. The average molecular weight is 790 g/mol. The van der Waals surface area contributed by atoms with Crippen LogP contribution >= 0.6 is 23.2 Å². The van der Waals surface area contributed by atoms with E-state index in [2.05, 4.69) is 70.6 Å². The van der Waals surface area contributed by atoms with Gasteiger partial charge in [0.05, 0.1) is 46.8 Å². The lowest BCUT2D eigenvalue weighted by atomic mass is 9.93. The molecule has 6 rings (SSSR count). The van der Waals surface area contributed by atoms with Crippen molar-refractivity contribution in [3.8, 4) is 11.5 Å². The molecule has 10 nitrogen and oxygen atoms in total. The largest absolute Gasteiger partial charge is 0.496 e. The van der Waals surface area contributed by atoms with Crippen LogP contribution in [0.2, 0.25) is 10.0 Å². The third-order valence-corrected chi connectivity index (χ3v) is 11.2. The molecule has 2 fully saturated rings. The van der Waals surface area contributed by atoms with Gasteiger partial charge in [0.15, 0.2) is 0 Å². The first-order valence-electron chi connectivity index (χ1n) is 18.9. The predicted molar refractivity (Wildman–Crippen MR) is 223 cm³/mol. The van der Waals surface area contributed by atoms with Crippen molar-refractivity contribution >= 4 is 46.4 Å². The van der Waals surface area contributed by atoms with Crippen LogP contribution in [0.4, 0.5) is 11.4 Å². The summed E-state index contributed by atoms with van der Waals surface area (Å²) in [6.45, 7) is 10.6. The first-order valence-corrected chi connectivity index (χ1v) is 19.7. The summed E-state index contributed by atoms with van der Waals surface area (Å²) in [6, 6.07) is 27.7. The molecule has 55 heavy (non-hydrogen) atoms. The van der Waals surface area contributed by atoms with E-state index >= 15 is 0 Å². The second-order valence-electron chi connectivity index (χ2n) is 14.3. The molecule has 0 bridgehead atoms. The lowest BCUT2D eigenvalue weighted by Gasteiger charge is -2.38. The van der Waals surface area contributed by atoms with E-state index in [1.165, 1.54) is 25.3 Å². The Morgan fingerprint density at radius 3 is 1.76 bits per heavy atom. The maximum atomic E-state index is 13.2. The Morgan fingerprint density at radius 1 is 0.764 bits per heavy atom. The lowest BCUT2D eigenvalue weighted by molar-refractivity contribution is 0.0577. The Kier molecular flexibility index (Phi) is 15.1. The van der Waals surface area contributed by atoms with Gasteiger partial charge in [0.1, 0.15) is 11.5 Å². The second kappa shape index (κ2) is 19.9. The molecule has 0 radical (unpaired) electrons. The molecule has 2 aliphatic rings.